The van der Waals surface area contributed by atoms with E-state index in [1.54, 1.807) is 0 Å². The van der Waals surface area contributed by atoms with Crippen LogP contribution >= 0.6 is 0 Å². The van der Waals surface area contributed by atoms with Gasteiger partial charge in [-0.05, 0) is 36.9 Å². The standard InChI is InChI=1S/C13H23N3/c1-11(2)7-9-16(3)13-5-4-12(6-8-14)10-15-13/h4-5,10-11H,6-9,14H2,1-3H3. The molecule has 0 aliphatic rings. The highest BCUT2D eigenvalue weighted by atomic mass is 15.2. The first-order valence-electron chi connectivity index (χ1n) is 5.99. The highest BCUT2D eigenvalue weighted by molar-refractivity contribution is 5.38. The van der Waals surface area contributed by atoms with Gasteiger partial charge in [0.15, 0.2) is 0 Å². The van der Waals surface area contributed by atoms with Gasteiger partial charge in [0.2, 0.25) is 0 Å². The van der Waals surface area contributed by atoms with E-state index in [9.17, 15) is 0 Å². The second-order valence-electron chi connectivity index (χ2n) is 4.67. The first-order valence-corrected chi connectivity index (χ1v) is 5.99. The topological polar surface area (TPSA) is 42.1 Å². The smallest absolute Gasteiger partial charge is 0.128 e. The largest absolute Gasteiger partial charge is 0.360 e. The Morgan fingerprint density at radius 2 is 2.12 bits per heavy atom. The van der Waals surface area contributed by atoms with Crippen LogP contribution in [0.25, 0.3) is 0 Å². The molecule has 2 N–H and O–H groups in total. The molecule has 1 heterocycles. The third-order valence-electron chi connectivity index (χ3n) is 2.68. The van der Waals surface area contributed by atoms with Gasteiger partial charge in [-0.2, -0.15) is 0 Å². The number of hydrogen-bond donors (Lipinski definition) is 1. The van der Waals surface area contributed by atoms with E-state index in [0.717, 1.165) is 24.7 Å². The molecule has 1 aromatic heterocycles. The Morgan fingerprint density at radius 1 is 1.38 bits per heavy atom. The Hall–Kier alpha value is -1.09. The maximum atomic E-state index is 5.50. The van der Waals surface area contributed by atoms with Gasteiger partial charge in [-0.1, -0.05) is 19.9 Å². The van der Waals surface area contributed by atoms with Gasteiger partial charge < -0.3 is 10.6 Å². The van der Waals surface area contributed by atoms with Gasteiger partial charge in [0.25, 0.3) is 0 Å². The SMILES string of the molecule is CC(C)CCN(C)c1ccc(CCN)cn1. The molecular formula is C13H23N3. The Balaban J connectivity index is 2.52. The van der Waals surface area contributed by atoms with Crippen molar-refractivity contribution in [3.8, 4) is 0 Å². The Bertz CT molecular complexity index is 293. The van der Waals surface area contributed by atoms with Crippen molar-refractivity contribution in [3.05, 3.63) is 23.9 Å². The maximum absolute atomic E-state index is 5.50. The van der Waals surface area contributed by atoms with Crippen LogP contribution in [0.1, 0.15) is 25.8 Å². The molecular weight excluding hydrogens is 198 g/mol. The molecule has 0 radical (unpaired) electrons. The van der Waals surface area contributed by atoms with E-state index < -0.39 is 0 Å². The third-order valence-corrected chi connectivity index (χ3v) is 2.68. The first kappa shape index (κ1) is 13.0. The molecule has 16 heavy (non-hydrogen) atoms. The normalized spacial score (nSPS) is 10.8. The highest BCUT2D eigenvalue weighted by Crippen LogP contribution is 2.11. The van der Waals surface area contributed by atoms with Gasteiger partial charge in [0, 0.05) is 19.8 Å². The number of rotatable bonds is 6. The Morgan fingerprint density at radius 3 is 2.62 bits per heavy atom. The van der Waals surface area contributed by atoms with Crippen molar-refractivity contribution in [1.82, 2.24) is 4.98 Å². The number of hydrogen-bond acceptors (Lipinski definition) is 3. The number of pyridine rings is 1. The summed E-state index contributed by atoms with van der Waals surface area (Å²) < 4.78 is 0. The second-order valence-corrected chi connectivity index (χ2v) is 4.67. The minimum absolute atomic E-state index is 0.685. The summed E-state index contributed by atoms with van der Waals surface area (Å²) in [6.45, 7) is 6.22. The van der Waals surface area contributed by atoms with E-state index in [-0.39, 0.29) is 0 Å². The summed E-state index contributed by atoms with van der Waals surface area (Å²) in [6, 6.07) is 4.19. The van der Waals surface area contributed by atoms with Crippen molar-refractivity contribution >= 4 is 5.82 Å². The van der Waals surface area contributed by atoms with Crippen LogP contribution in [0.3, 0.4) is 0 Å². The van der Waals surface area contributed by atoms with E-state index in [2.05, 4.69) is 42.9 Å². The average Bonchev–Trinajstić information content (AvgIpc) is 2.27. The molecule has 0 saturated heterocycles. The predicted molar refractivity (Wildman–Crippen MR) is 69.7 cm³/mol. The molecule has 0 saturated carbocycles. The lowest BCUT2D eigenvalue weighted by Gasteiger charge is -2.19. The van der Waals surface area contributed by atoms with Crippen LogP contribution in [-0.2, 0) is 6.42 Å². The Kier molecular flexibility index (Phi) is 5.26. The monoisotopic (exact) mass is 221 g/mol. The summed E-state index contributed by atoms with van der Waals surface area (Å²) in [4.78, 5) is 6.65. The summed E-state index contributed by atoms with van der Waals surface area (Å²) in [6.07, 6.45) is 4.03. The van der Waals surface area contributed by atoms with Crippen LogP contribution in [-0.4, -0.2) is 25.1 Å². The first-order chi connectivity index (χ1) is 7.63. The zero-order valence-corrected chi connectivity index (χ0v) is 10.6. The van der Waals surface area contributed by atoms with Gasteiger partial charge in [-0.25, -0.2) is 4.98 Å². The van der Waals surface area contributed by atoms with Gasteiger partial charge in [0.05, 0.1) is 0 Å². The zero-order valence-electron chi connectivity index (χ0n) is 10.6. The molecule has 1 aromatic rings. The van der Waals surface area contributed by atoms with Crippen LogP contribution in [0.4, 0.5) is 5.82 Å². The van der Waals surface area contributed by atoms with Crippen molar-refractivity contribution in [2.45, 2.75) is 26.7 Å². The highest BCUT2D eigenvalue weighted by Gasteiger charge is 2.03. The molecule has 0 aliphatic carbocycles. The molecule has 3 nitrogen and oxygen atoms in total. The van der Waals surface area contributed by atoms with Crippen molar-refractivity contribution < 1.29 is 0 Å². The molecule has 0 bridgehead atoms. The zero-order chi connectivity index (χ0) is 12.0. The van der Waals surface area contributed by atoms with Crippen molar-refractivity contribution in [2.75, 3.05) is 25.0 Å². The fourth-order valence-electron chi connectivity index (χ4n) is 1.52. The molecule has 3 heteroatoms. The molecule has 0 aromatic carbocycles. The fraction of sp³-hybridized carbons (Fsp3) is 0.615. The lowest BCUT2D eigenvalue weighted by atomic mass is 10.1. The number of nitrogens with two attached hydrogens (primary N) is 1. The summed E-state index contributed by atoms with van der Waals surface area (Å²) in [5.74, 6) is 1.78. The lowest BCUT2D eigenvalue weighted by Crippen LogP contribution is -2.20. The van der Waals surface area contributed by atoms with Crippen LogP contribution in [0.15, 0.2) is 18.3 Å². The number of nitrogens with zero attached hydrogens (tertiary/aromatic N) is 2. The van der Waals surface area contributed by atoms with Crippen LogP contribution in [0.2, 0.25) is 0 Å². The van der Waals surface area contributed by atoms with Crippen molar-refractivity contribution in [2.24, 2.45) is 11.7 Å². The molecule has 0 aliphatic heterocycles. The number of anilines is 1. The van der Waals surface area contributed by atoms with E-state index in [0.29, 0.717) is 6.54 Å². The molecule has 0 atom stereocenters. The molecule has 0 fully saturated rings. The van der Waals surface area contributed by atoms with E-state index >= 15 is 0 Å². The van der Waals surface area contributed by atoms with Crippen molar-refractivity contribution in [1.29, 1.82) is 0 Å². The lowest BCUT2D eigenvalue weighted by molar-refractivity contribution is 0.583. The molecule has 1 rings (SSSR count). The maximum Gasteiger partial charge on any atom is 0.128 e. The minimum Gasteiger partial charge on any atom is -0.360 e. The molecule has 90 valence electrons. The van der Waals surface area contributed by atoms with Gasteiger partial charge >= 0.3 is 0 Å². The summed E-state index contributed by atoms with van der Waals surface area (Å²) in [5.41, 5.74) is 6.71. The fourth-order valence-corrected chi connectivity index (χ4v) is 1.52. The average molecular weight is 221 g/mol. The summed E-state index contributed by atoms with van der Waals surface area (Å²) in [7, 11) is 2.09. The van der Waals surface area contributed by atoms with E-state index in [1.807, 2.05) is 6.20 Å². The predicted octanol–water partition coefficient (Wildman–Crippen LogP) is 2.07. The quantitative estimate of drug-likeness (QED) is 0.799. The van der Waals surface area contributed by atoms with Crippen LogP contribution in [0, 0.1) is 5.92 Å². The Labute approximate surface area is 98.7 Å². The van der Waals surface area contributed by atoms with Crippen LogP contribution in [0.5, 0.6) is 0 Å². The van der Waals surface area contributed by atoms with E-state index in [1.165, 1.54) is 12.0 Å². The molecule has 0 unspecified atom stereocenters. The molecule has 0 spiro atoms. The van der Waals surface area contributed by atoms with E-state index in [4.69, 9.17) is 5.73 Å². The van der Waals surface area contributed by atoms with Gasteiger partial charge in [-0.15, -0.1) is 0 Å². The van der Waals surface area contributed by atoms with Gasteiger partial charge in [0.1, 0.15) is 5.82 Å². The summed E-state index contributed by atoms with van der Waals surface area (Å²) >= 11 is 0. The summed E-state index contributed by atoms with van der Waals surface area (Å²) in [5, 5.41) is 0. The minimum atomic E-state index is 0.685. The van der Waals surface area contributed by atoms with Gasteiger partial charge in [-0.3, -0.25) is 0 Å². The molecule has 0 amide bonds. The van der Waals surface area contributed by atoms with Crippen LogP contribution < -0.4 is 10.6 Å². The number of aromatic nitrogens is 1. The second kappa shape index (κ2) is 6.48. The van der Waals surface area contributed by atoms with Crippen molar-refractivity contribution in [3.63, 3.8) is 0 Å². The third kappa shape index (κ3) is 4.19.